The van der Waals surface area contributed by atoms with E-state index in [4.69, 9.17) is 5.11 Å². The van der Waals surface area contributed by atoms with Crippen molar-refractivity contribution in [1.82, 2.24) is 5.32 Å². The maximum atomic E-state index is 10.1. The van der Waals surface area contributed by atoms with Gasteiger partial charge >= 0.3 is 0 Å². The van der Waals surface area contributed by atoms with Gasteiger partial charge in [-0.1, -0.05) is 19.4 Å². The van der Waals surface area contributed by atoms with Crippen LogP contribution in [0.3, 0.4) is 0 Å². The predicted octanol–water partition coefficient (Wildman–Crippen LogP) is 2.27. The zero-order valence-electron chi connectivity index (χ0n) is 12.2. The van der Waals surface area contributed by atoms with Crippen LogP contribution in [0.2, 0.25) is 0 Å². The Kier molecular flexibility index (Phi) is 6.67. The number of phenols is 1. The number of benzene rings is 1. The number of nitrogens with one attached hydrogen (secondary N) is 1. The third-order valence-electron chi connectivity index (χ3n) is 3.43. The lowest BCUT2D eigenvalue weighted by molar-refractivity contribution is 0.301. The molecule has 1 aromatic carbocycles. The first kappa shape index (κ1) is 15.8. The number of rotatable bonds is 8. The molecule has 4 nitrogen and oxygen atoms in total. The van der Waals surface area contributed by atoms with Gasteiger partial charge in [-0.3, -0.25) is 0 Å². The molecular weight excluding hydrogens is 240 g/mol. The predicted molar refractivity (Wildman–Crippen MR) is 79.8 cm³/mol. The second kappa shape index (κ2) is 8.02. The van der Waals surface area contributed by atoms with Crippen LogP contribution in [-0.2, 0) is 0 Å². The van der Waals surface area contributed by atoms with Gasteiger partial charge < -0.3 is 20.4 Å². The molecule has 0 saturated carbocycles. The van der Waals surface area contributed by atoms with E-state index in [-0.39, 0.29) is 12.6 Å². The van der Waals surface area contributed by atoms with Gasteiger partial charge in [-0.2, -0.15) is 0 Å². The van der Waals surface area contributed by atoms with Crippen molar-refractivity contribution in [3.63, 3.8) is 0 Å². The summed E-state index contributed by atoms with van der Waals surface area (Å²) in [6.45, 7) is 5.78. The lowest BCUT2D eigenvalue weighted by Crippen LogP contribution is -2.27. The average Bonchev–Trinajstić information content (AvgIpc) is 2.42. The van der Waals surface area contributed by atoms with Gasteiger partial charge in [0.1, 0.15) is 5.75 Å². The molecule has 0 radical (unpaired) electrons. The highest BCUT2D eigenvalue weighted by atomic mass is 16.3. The molecule has 19 heavy (non-hydrogen) atoms. The Hall–Kier alpha value is -1.26. The highest BCUT2D eigenvalue weighted by molar-refractivity contribution is 5.54. The van der Waals surface area contributed by atoms with Crippen LogP contribution >= 0.6 is 0 Å². The summed E-state index contributed by atoms with van der Waals surface area (Å²) in [7, 11) is 1.87. The summed E-state index contributed by atoms with van der Waals surface area (Å²) in [5, 5.41) is 22.4. The summed E-state index contributed by atoms with van der Waals surface area (Å²) in [5.74, 6) is 0.304. The minimum Gasteiger partial charge on any atom is -0.508 e. The lowest BCUT2D eigenvalue weighted by Gasteiger charge is -2.25. The van der Waals surface area contributed by atoms with Crippen LogP contribution in [0, 0.1) is 0 Å². The maximum Gasteiger partial charge on any atom is 0.122 e. The molecule has 0 aliphatic heterocycles. The number of phenolic OH excluding ortho intramolecular Hbond substituents is 1. The molecule has 0 bridgehead atoms. The molecule has 0 aliphatic carbocycles. The molecule has 0 heterocycles. The minimum atomic E-state index is 0.121. The van der Waals surface area contributed by atoms with Crippen molar-refractivity contribution in [1.29, 1.82) is 0 Å². The summed E-state index contributed by atoms with van der Waals surface area (Å²) in [5.41, 5.74) is 1.86. The molecule has 0 fully saturated rings. The standard InChI is InChI=1S/C15H26N2O2/c1-4-5-8-17(9-10-18)13-6-7-14(12(2)16-3)15(19)11-13/h6-7,11-12,16,18-19H,4-5,8-10H2,1-3H3. The Bertz CT molecular complexity index is 382. The van der Waals surface area contributed by atoms with E-state index < -0.39 is 0 Å². The number of anilines is 1. The SMILES string of the molecule is CCCCN(CCO)c1ccc(C(C)NC)c(O)c1. The Morgan fingerprint density at radius 3 is 2.58 bits per heavy atom. The summed E-state index contributed by atoms with van der Waals surface area (Å²) >= 11 is 0. The number of aromatic hydroxyl groups is 1. The summed E-state index contributed by atoms with van der Waals surface area (Å²) < 4.78 is 0. The lowest BCUT2D eigenvalue weighted by atomic mass is 10.1. The van der Waals surface area contributed by atoms with E-state index in [2.05, 4.69) is 17.1 Å². The zero-order valence-corrected chi connectivity index (χ0v) is 12.2. The number of hydrogen-bond acceptors (Lipinski definition) is 4. The highest BCUT2D eigenvalue weighted by Gasteiger charge is 2.12. The summed E-state index contributed by atoms with van der Waals surface area (Å²) in [6, 6.07) is 5.86. The number of aliphatic hydroxyl groups is 1. The van der Waals surface area contributed by atoms with Gasteiger partial charge in [0.25, 0.3) is 0 Å². The number of hydrogen-bond donors (Lipinski definition) is 3. The van der Waals surface area contributed by atoms with E-state index in [0.29, 0.717) is 12.3 Å². The van der Waals surface area contributed by atoms with E-state index in [1.54, 1.807) is 6.07 Å². The van der Waals surface area contributed by atoms with Crippen LogP contribution in [0.15, 0.2) is 18.2 Å². The van der Waals surface area contributed by atoms with Crippen molar-refractivity contribution in [2.45, 2.75) is 32.7 Å². The largest absolute Gasteiger partial charge is 0.508 e. The minimum absolute atomic E-state index is 0.121. The molecule has 4 heteroatoms. The van der Waals surface area contributed by atoms with Crippen LogP contribution in [-0.4, -0.2) is 37.0 Å². The van der Waals surface area contributed by atoms with Gasteiger partial charge in [-0.15, -0.1) is 0 Å². The fourth-order valence-electron chi connectivity index (χ4n) is 2.09. The van der Waals surface area contributed by atoms with E-state index in [1.807, 2.05) is 26.1 Å². The first-order chi connectivity index (χ1) is 9.13. The highest BCUT2D eigenvalue weighted by Crippen LogP contribution is 2.29. The van der Waals surface area contributed by atoms with Crippen molar-refractivity contribution in [2.75, 3.05) is 31.6 Å². The van der Waals surface area contributed by atoms with Crippen molar-refractivity contribution in [3.05, 3.63) is 23.8 Å². The first-order valence-electron chi connectivity index (χ1n) is 7.00. The quantitative estimate of drug-likeness (QED) is 0.675. The molecule has 1 rings (SSSR count). The molecule has 0 aliphatic rings. The smallest absolute Gasteiger partial charge is 0.122 e. The molecule has 0 saturated heterocycles. The van der Waals surface area contributed by atoms with Gasteiger partial charge in [0.05, 0.1) is 6.61 Å². The molecule has 0 amide bonds. The van der Waals surface area contributed by atoms with Crippen molar-refractivity contribution >= 4 is 5.69 Å². The van der Waals surface area contributed by atoms with E-state index in [0.717, 1.165) is 30.6 Å². The topological polar surface area (TPSA) is 55.7 Å². The second-order valence-electron chi connectivity index (χ2n) is 4.82. The van der Waals surface area contributed by atoms with Crippen LogP contribution < -0.4 is 10.2 Å². The summed E-state index contributed by atoms with van der Waals surface area (Å²) in [4.78, 5) is 2.11. The first-order valence-corrected chi connectivity index (χ1v) is 7.00. The van der Waals surface area contributed by atoms with Crippen molar-refractivity contribution in [2.24, 2.45) is 0 Å². The van der Waals surface area contributed by atoms with Gasteiger partial charge in [0.15, 0.2) is 0 Å². The molecule has 0 spiro atoms. The Balaban J connectivity index is 2.89. The van der Waals surface area contributed by atoms with Crippen molar-refractivity contribution in [3.8, 4) is 5.75 Å². The van der Waals surface area contributed by atoms with E-state index >= 15 is 0 Å². The van der Waals surface area contributed by atoms with Crippen LogP contribution in [0.25, 0.3) is 0 Å². The zero-order chi connectivity index (χ0) is 14.3. The molecular formula is C15H26N2O2. The van der Waals surface area contributed by atoms with Crippen LogP contribution in [0.5, 0.6) is 5.75 Å². The number of aliphatic hydroxyl groups excluding tert-OH is 1. The fraction of sp³-hybridized carbons (Fsp3) is 0.600. The Morgan fingerprint density at radius 2 is 2.05 bits per heavy atom. The third-order valence-corrected chi connectivity index (χ3v) is 3.43. The number of nitrogens with zero attached hydrogens (tertiary/aromatic N) is 1. The van der Waals surface area contributed by atoms with E-state index in [9.17, 15) is 5.11 Å². The fourth-order valence-corrected chi connectivity index (χ4v) is 2.09. The average molecular weight is 266 g/mol. The molecule has 1 aromatic rings. The van der Waals surface area contributed by atoms with Crippen LogP contribution in [0.1, 0.15) is 38.3 Å². The molecule has 1 unspecified atom stereocenters. The Morgan fingerprint density at radius 1 is 1.32 bits per heavy atom. The van der Waals surface area contributed by atoms with Crippen LogP contribution in [0.4, 0.5) is 5.69 Å². The van der Waals surface area contributed by atoms with Crippen molar-refractivity contribution < 1.29 is 10.2 Å². The molecule has 3 N–H and O–H groups in total. The van der Waals surface area contributed by atoms with Gasteiger partial charge in [-0.05, 0) is 26.5 Å². The van der Waals surface area contributed by atoms with Gasteiger partial charge in [0, 0.05) is 36.4 Å². The third kappa shape index (κ3) is 4.40. The van der Waals surface area contributed by atoms with E-state index in [1.165, 1.54) is 0 Å². The Labute approximate surface area is 116 Å². The number of unbranched alkanes of at least 4 members (excludes halogenated alkanes) is 1. The molecule has 108 valence electrons. The van der Waals surface area contributed by atoms with Gasteiger partial charge in [0.2, 0.25) is 0 Å². The molecule has 0 aromatic heterocycles. The monoisotopic (exact) mass is 266 g/mol. The normalized spacial score (nSPS) is 12.4. The van der Waals surface area contributed by atoms with Gasteiger partial charge in [-0.25, -0.2) is 0 Å². The molecule has 1 atom stereocenters. The maximum absolute atomic E-state index is 10.1. The second-order valence-corrected chi connectivity index (χ2v) is 4.82. The summed E-state index contributed by atoms with van der Waals surface area (Å²) in [6.07, 6.45) is 2.19.